The first-order valence-corrected chi connectivity index (χ1v) is 6.15. The molecule has 0 fully saturated rings. The largest absolute Gasteiger partial charge is 0.383 e. The molecule has 0 spiro atoms. The second-order valence-electron chi connectivity index (χ2n) is 3.67. The molecule has 0 unspecified atom stereocenters. The number of amidine groups is 1. The highest BCUT2D eigenvalue weighted by molar-refractivity contribution is 9.10. The molecular weight excluding hydrogens is 276 g/mol. The molecule has 0 aromatic heterocycles. The van der Waals surface area contributed by atoms with Crippen molar-refractivity contribution in [2.45, 2.75) is 6.54 Å². The van der Waals surface area contributed by atoms with E-state index in [0.717, 1.165) is 15.6 Å². The number of nitrogens with two attached hydrogens (primary N) is 1. The molecule has 0 aliphatic carbocycles. The van der Waals surface area contributed by atoms with E-state index < -0.39 is 0 Å². The summed E-state index contributed by atoms with van der Waals surface area (Å²) in [5, 5.41) is 0. The van der Waals surface area contributed by atoms with Gasteiger partial charge in [-0.1, -0.05) is 64.5 Å². The number of halogens is 1. The van der Waals surface area contributed by atoms with E-state index in [-0.39, 0.29) is 0 Å². The molecule has 0 radical (unpaired) electrons. The first-order valence-electron chi connectivity index (χ1n) is 5.36. The number of rotatable bonds is 3. The molecule has 3 heteroatoms. The van der Waals surface area contributed by atoms with Crippen LogP contribution >= 0.6 is 15.9 Å². The Kier molecular flexibility index (Phi) is 3.94. The minimum atomic E-state index is 0.557. The average molecular weight is 289 g/mol. The van der Waals surface area contributed by atoms with Gasteiger partial charge in [-0.2, -0.15) is 0 Å². The topological polar surface area (TPSA) is 38.4 Å². The zero-order valence-electron chi connectivity index (χ0n) is 9.31. The van der Waals surface area contributed by atoms with Crippen molar-refractivity contribution in [1.29, 1.82) is 0 Å². The second kappa shape index (κ2) is 5.64. The van der Waals surface area contributed by atoms with Gasteiger partial charge in [0.1, 0.15) is 5.84 Å². The fourth-order valence-electron chi connectivity index (χ4n) is 1.51. The van der Waals surface area contributed by atoms with Gasteiger partial charge in [0.05, 0.1) is 6.54 Å². The highest BCUT2D eigenvalue weighted by Gasteiger charge is 2.02. The number of benzene rings is 2. The fraction of sp³-hybridized carbons (Fsp3) is 0.0714. The fourth-order valence-corrected chi connectivity index (χ4v) is 2.00. The first-order chi connectivity index (χ1) is 8.27. The highest BCUT2D eigenvalue weighted by atomic mass is 79.9. The molecule has 0 heterocycles. The van der Waals surface area contributed by atoms with Crippen molar-refractivity contribution < 1.29 is 0 Å². The van der Waals surface area contributed by atoms with Gasteiger partial charge in [0.25, 0.3) is 0 Å². The van der Waals surface area contributed by atoms with Crippen LogP contribution in [0.15, 0.2) is 64.1 Å². The first kappa shape index (κ1) is 11.9. The molecule has 0 aliphatic rings. The van der Waals surface area contributed by atoms with Crippen LogP contribution in [0.2, 0.25) is 0 Å². The monoisotopic (exact) mass is 288 g/mol. The predicted molar refractivity (Wildman–Crippen MR) is 75.0 cm³/mol. The molecule has 0 bridgehead atoms. The van der Waals surface area contributed by atoms with Crippen LogP contribution in [-0.2, 0) is 6.54 Å². The summed E-state index contributed by atoms with van der Waals surface area (Å²) >= 11 is 3.46. The molecule has 0 saturated heterocycles. The van der Waals surface area contributed by atoms with Gasteiger partial charge in [-0.05, 0) is 11.6 Å². The highest BCUT2D eigenvalue weighted by Crippen LogP contribution is 2.15. The summed E-state index contributed by atoms with van der Waals surface area (Å²) in [5.74, 6) is 0.557. The van der Waals surface area contributed by atoms with Crippen molar-refractivity contribution in [3.05, 3.63) is 70.2 Å². The van der Waals surface area contributed by atoms with Crippen molar-refractivity contribution >= 4 is 21.8 Å². The van der Waals surface area contributed by atoms with Crippen LogP contribution in [0.1, 0.15) is 11.1 Å². The van der Waals surface area contributed by atoms with E-state index in [1.165, 1.54) is 0 Å². The number of aliphatic imine (C=N–C) groups is 1. The summed E-state index contributed by atoms with van der Waals surface area (Å²) in [7, 11) is 0. The van der Waals surface area contributed by atoms with Gasteiger partial charge in [0.2, 0.25) is 0 Å². The molecule has 0 atom stereocenters. The lowest BCUT2D eigenvalue weighted by atomic mass is 10.2. The van der Waals surface area contributed by atoms with Crippen LogP contribution in [0.4, 0.5) is 0 Å². The minimum Gasteiger partial charge on any atom is -0.383 e. The Bertz CT molecular complexity index is 521. The lowest BCUT2D eigenvalue weighted by molar-refractivity contribution is 1.06. The molecule has 2 aromatic carbocycles. The Balaban J connectivity index is 2.16. The molecule has 2 aromatic rings. The van der Waals surface area contributed by atoms with E-state index in [4.69, 9.17) is 5.73 Å². The maximum Gasteiger partial charge on any atom is 0.127 e. The van der Waals surface area contributed by atoms with Crippen LogP contribution in [0.5, 0.6) is 0 Å². The average Bonchev–Trinajstić information content (AvgIpc) is 2.38. The number of nitrogens with zero attached hydrogens (tertiary/aromatic N) is 1. The normalized spacial score (nSPS) is 11.5. The predicted octanol–water partition coefficient (Wildman–Crippen LogP) is 3.35. The Morgan fingerprint density at radius 2 is 1.65 bits per heavy atom. The Morgan fingerprint density at radius 3 is 2.35 bits per heavy atom. The van der Waals surface area contributed by atoms with Crippen LogP contribution in [0.3, 0.4) is 0 Å². The third kappa shape index (κ3) is 3.17. The molecule has 2 nitrogen and oxygen atoms in total. The summed E-state index contributed by atoms with van der Waals surface area (Å²) in [6.45, 7) is 0.605. The second-order valence-corrected chi connectivity index (χ2v) is 4.52. The van der Waals surface area contributed by atoms with E-state index in [0.29, 0.717) is 12.4 Å². The Labute approximate surface area is 109 Å². The molecule has 0 aliphatic heterocycles. The third-order valence-electron chi connectivity index (χ3n) is 2.42. The summed E-state index contributed by atoms with van der Waals surface area (Å²) in [5.41, 5.74) is 8.05. The maximum atomic E-state index is 5.96. The maximum absolute atomic E-state index is 5.96. The van der Waals surface area contributed by atoms with E-state index >= 15 is 0 Å². The van der Waals surface area contributed by atoms with Crippen LogP contribution in [0, 0.1) is 0 Å². The minimum absolute atomic E-state index is 0.557. The van der Waals surface area contributed by atoms with Crippen molar-refractivity contribution in [2.75, 3.05) is 0 Å². The SMILES string of the molecule is NC(=NCc1ccccc1)c1ccccc1Br. The lowest BCUT2D eigenvalue weighted by Gasteiger charge is -2.03. The smallest absolute Gasteiger partial charge is 0.127 e. The van der Waals surface area contributed by atoms with Gasteiger partial charge in [-0.25, -0.2) is 0 Å². The van der Waals surface area contributed by atoms with Gasteiger partial charge in [0.15, 0.2) is 0 Å². The molecule has 17 heavy (non-hydrogen) atoms. The van der Waals surface area contributed by atoms with Crippen LogP contribution in [0.25, 0.3) is 0 Å². The summed E-state index contributed by atoms with van der Waals surface area (Å²) in [4.78, 5) is 4.39. The van der Waals surface area contributed by atoms with E-state index in [1.807, 2.05) is 54.6 Å². The van der Waals surface area contributed by atoms with Gasteiger partial charge < -0.3 is 5.73 Å². The van der Waals surface area contributed by atoms with E-state index in [2.05, 4.69) is 20.9 Å². The molecule has 2 N–H and O–H groups in total. The lowest BCUT2D eigenvalue weighted by Crippen LogP contribution is -2.14. The quantitative estimate of drug-likeness (QED) is 0.683. The van der Waals surface area contributed by atoms with Gasteiger partial charge >= 0.3 is 0 Å². The van der Waals surface area contributed by atoms with Crippen molar-refractivity contribution in [3.63, 3.8) is 0 Å². The van der Waals surface area contributed by atoms with Crippen molar-refractivity contribution in [2.24, 2.45) is 10.7 Å². The van der Waals surface area contributed by atoms with Crippen molar-refractivity contribution in [3.8, 4) is 0 Å². The summed E-state index contributed by atoms with van der Waals surface area (Å²) in [6.07, 6.45) is 0. The van der Waals surface area contributed by atoms with Crippen LogP contribution in [-0.4, -0.2) is 5.84 Å². The Hall–Kier alpha value is -1.61. The van der Waals surface area contributed by atoms with Gasteiger partial charge in [-0.3, -0.25) is 4.99 Å². The standard InChI is InChI=1S/C14H13BrN2/c15-13-9-5-4-8-12(13)14(16)17-10-11-6-2-1-3-7-11/h1-9H,10H2,(H2,16,17). The molecule has 0 amide bonds. The van der Waals surface area contributed by atoms with E-state index in [1.54, 1.807) is 0 Å². The molecule has 86 valence electrons. The molecular formula is C14H13BrN2. The van der Waals surface area contributed by atoms with Gasteiger partial charge in [-0.15, -0.1) is 0 Å². The number of hydrogen-bond donors (Lipinski definition) is 1. The third-order valence-corrected chi connectivity index (χ3v) is 3.12. The van der Waals surface area contributed by atoms with Gasteiger partial charge in [0, 0.05) is 10.0 Å². The summed E-state index contributed by atoms with van der Waals surface area (Å²) in [6, 6.07) is 17.9. The number of hydrogen-bond acceptors (Lipinski definition) is 1. The molecule has 2 rings (SSSR count). The molecule has 0 saturated carbocycles. The zero-order chi connectivity index (χ0) is 12.1. The van der Waals surface area contributed by atoms with E-state index in [9.17, 15) is 0 Å². The van der Waals surface area contributed by atoms with Crippen LogP contribution < -0.4 is 5.73 Å². The summed E-state index contributed by atoms with van der Waals surface area (Å²) < 4.78 is 0.967. The zero-order valence-corrected chi connectivity index (χ0v) is 10.9. The van der Waals surface area contributed by atoms with Crippen molar-refractivity contribution in [1.82, 2.24) is 0 Å². The Morgan fingerprint density at radius 1 is 1.00 bits per heavy atom.